The monoisotopic (exact) mass is 566 g/mol. The maximum Gasteiger partial charge on any atom is 0.251 e. The van der Waals surface area contributed by atoms with E-state index in [2.05, 4.69) is 43.2 Å². The highest BCUT2D eigenvalue weighted by molar-refractivity contribution is 6.00. The second-order valence-electron chi connectivity index (χ2n) is 11.9. The number of aromatic nitrogens is 2. The van der Waals surface area contributed by atoms with Crippen molar-refractivity contribution in [1.82, 2.24) is 30.2 Å². The van der Waals surface area contributed by atoms with E-state index < -0.39 is 11.6 Å². The van der Waals surface area contributed by atoms with Crippen LogP contribution in [0, 0.1) is 19.8 Å². The molecule has 0 unspecified atom stereocenters. The third-order valence-electron chi connectivity index (χ3n) is 8.53. The molecule has 1 aromatic carbocycles. The van der Waals surface area contributed by atoms with Crippen LogP contribution in [0.1, 0.15) is 80.2 Å². The molecule has 2 saturated heterocycles. The first kappa shape index (κ1) is 30.7. The number of likely N-dealkylation sites (tertiary alicyclic amines) is 1. The number of hydrogen-bond donors (Lipinski definition) is 3. The van der Waals surface area contributed by atoms with Gasteiger partial charge in [-0.05, 0) is 69.7 Å². The molecule has 1 aromatic heterocycles. The molecule has 1 atom stereocenters. The number of aliphatic hydroxyl groups is 1. The Kier molecular flexibility index (Phi) is 9.86. The molecule has 10 nitrogen and oxygen atoms in total. The predicted octanol–water partition coefficient (Wildman–Crippen LogP) is 2.72. The van der Waals surface area contributed by atoms with Gasteiger partial charge in [0.15, 0.2) is 0 Å². The van der Waals surface area contributed by atoms with Crippen LogP contribution < -0.4 is 10.6 Å². The van der Waals surface area contributed by atoms with E-state index in [0.717, 1.165) is 55.1 Å². The zero-order valence-electron chi connectivity index (χ0n) is 25.2. The number of nitrogens with one attached hydrogen (secondary N) is 2. The SMILES string of the molecule is CCCCN1C(=O)[C@H](CC(C)C)NC(=O)C12CCN(Cc1c(C)nn(-c3ccc(C(=O)NCCO)cc3)c1C)CC2. The normalized spacial score (nSPS) is 19.2. The number of piperidine rings is 1. The highest BCUT2D eigenvalue weighted by Crippen LogP contribution is 2.35. The van der Waals surface area contributed by atoms with Gasteiger partial charge in [0.2, 0.25) is 11.8 Å². The zero-order valence-corrected chi connectivity index (χ0v) is 25.2. The first-order chi connectivity index (χ1) is 19.6. The number of amides is 3. The smallest absolute Gasteiger partial charge is 0.251 e. The summed E-state index contributed by atoms with van der Waals surface area (Å²) >= 11 is 0. The fourth-order valence-corrected chi connectivity index (χ4v) is 6.13. The minimum absolute atomic E-state index is 0.00664. The van der Waals surface area contributed by atoms with Gasteiger partial charge in [0.05, 0.1) is 18.0 Å². The Bertz CT molecular complexity index is 1230. The Morgan fingerprint density at radius 3 is 2.46 bits per heavy atom. The van der Waals surface area contributed by atoms with Crippen LogP contribution in [0.3, 0.4) is 0 Å². The van der Waals surface area contributed by atoms with Gasteiger partial charge < -0.3 is 20.6 Å². The Labute approximate surface area is 243 Å². The zero-order chi connectivity index (χ0) is 29.7. The third kappa shape index (κ3) is 6.48. The van der Waals surface area contributed by atoms with Gasteiger partial charge >= 0.3 is 0 Å². The van der Waals surface area contributed by atoms with Crippen LogP contribution in [-0.4, -0.2) is 86.8 Å². The molecule has 1 spiro atoms. The van der Waals surface area contributed by atoms with Crippen LogP contribution >= 0.6 is 0 Å². The molecule has 0 bridgehead atoms. The van der Waals surface area contributed by atoms with Crippen LogP contribution in [0.2, 0.25) is 0 Å². The molecule has 0 aliphatic carbocycles. The van der Waals surface area contributed by atoms with E-state index in [4.69, 9.17) is 10.2 Å². The molecule has 41 heavy (non-hydrogen) atoms. The summed E-state index contributed by atoms with van der Waals surface area (Å²) in [6.45, 7) is 13.3. The number of aliphatic hydroxyl groups excluding tert-OH is 1. The van der Waals surface area contributed by atoms with Gasteiger partial charge in [-0.2, -0.15) is 5.10 Å². The van der Waals surface area contributed by atoms with E-state index in [0.29, 0.717) is 37.3 Å². The lowest BCUT2D eigenvalue weighted by molar-refractivity contribution is -0.161. The topological polar surface area (TPSA) is 120 Å². The van der Waals surface area contributed by atoms with Crippen LogP contribution in [0.15, 0.2) is 24.3 Å². The van der Waals surface area contributed by atoms with Gasteiger partial charge in [0, 0.05) is 49.5 Å². The molecule has 2 fully saturated rings. The second-order valence-corrected chi connectivity index (χ2v) is 11.9. The second kappa shape index (κ2) is 13.2. The van der Waals surface area contributed by atoms with E-state index >= 15 is 0 Å². The van der Waals surface area contributed by atoms with Gasteiger partial charge in [-0.15, -0.1) is 0 Å². The van der Waals surface area contributed by atoms with Gasteiger partial charge in [-0.25, -0.2) is 4.68 Å². The molecule has 3 N–H and O–H groups in total. The third-order valence-corrected chi connectivity index (χ3v) is 8.53. The lowest BCUT2D eigenvalue weighted by Crippen LogP contribution is -2.73. The van der Waals surface area contributed by atoms with Crippen molar-refractivity contribution in [3.05, 3.63) is 46.8 Å². The Hall–Kier alpha value is -3.24. The summed E-state index contributed by atoms with van der Waals surface area (Å²) in [7, 11) is 0. The van der Waals surface area contributed by atoms with Crippen LogP contribution in [0.25, 0.3) is 5.69 Å². The molecular weight excluding hydrogens is 520 g/mol. The number of hydrogen-bond acceptors (Lipinski definition) is 6. The molecule has 224 valence electrons. The molecule has 3 amide bonds. The minimum Gasteiger partial charge on any atom is -0.395 e. The van der Waals surface area contributed by atoms with Crippen molar-refractivity contribution in [2.24, 2.45) is 5.92 Å². The first-order valence-electron chi connectivity index (χ1n) is 15.0. The Balaban J connectivity index is 1.46. The fraction of sp³-hybridized carbons (Fsp3) is 0.613. The summed E-state index contributed by atoms with van der Waals surface area (Å²) in [5.74, 6) is 0.187. The summed E-state index contributed by atoms with van der Waals surface area (Å²) < 4.78 is 1.90. The summed E-state index contributed by atoms with van der Waals surface area (Å²) in [5.41, 5.74) is 3.75. The summed E-state index contributed by atoms with van der Waals surface area (Å²) in [6.07, 6.45) is 3.77. The van der Waals surface area contributed by atoms with E-state index in [1.165, 1.54) is 0 Å². The standard InChI is InChI=1S/C31H46N6O4/c1-6-7-15-36-29(40)27(19-21(2)3)33-30(41)31(36)12-16-35(17-13-31)20-26-22(4)34-37(23(26)5)25-10-8-24(9-11-25)28(39)32-14-18-38/h8-11,21,27,38H,6-7,12-20H2,1-5H3,(H,32,39)(H,33,41)/t27-/m0/s1. The summed E-state index contributed by atoms with van der Waals surface area (Å²) in [4.78, 5) is 43.6. The maximum atomic E-state index is 13.6. The number of piperazine rings is 1. The molecule has 0 radical (unpaired) electrons. The summed E-state index contributed by atoms with van der Waals surface area (Å²) in [5, 5.41) is 19.5. The molecule has 0 saturated carbocycles. The average Bonchev–Trinajstić information content (AvgIpc) is 3.23. The molecular formula is C31H46N6O4. The van der Waals surface area contributed by atoms with Crippen LogP contribution in [0.4, 0.5) is 0 Å². The van der Waals surface area contributed by atoms with Gasteiger partial charge in [-0.3, -0.25) is 19.3 Å². The van der Waals surface area contributed by atoms with Crippen molar-refractivity contribution in [3.8, 4) is 5.69 Å². The van der Waals surface area contributed by atoms with E-state index in [-0.39, 0.29) is 30.9 Å². The van der Waals surface area contributed by atoms with E-state index in [9.17, 15) is 14.4 Å². The highest BCUT2D eigenvalue weighted by Gasteiger charge is 2.53. The van der Waals surface area contributed by atoms with Crippen LogP contribution in [-0.2, 0) is 16.1 Å². The first-order valence-corrected chi connectivity index (χ1v) is 15.0. The number of aryl methyl sites for hydroxylation is 1. The highest BCUT2D eigenvalue weighted by atomic mass is 16.3. The molecule has 2 aromatic rings. The van der Waals surface area contributed by atoms with Crippen molar-refractivity contribution < 1.29 is 19.5 Å². The van der Waals surface area contributed by atoms with E-state index in [1.54, 1.807) is 12.1 Å². The average molecular weight is 567 g/mol. The quantitative estimate of drug-likeness (QED) is 0.385. The maximum absolute atomic E-state index is 13.6. The number of nitrogens with zero attached hydrogens (tertiary/aromatic N) is 4. The van der Waals surface area contributed by atoms with Crippen molar-refractivity contribution in [3.63, 3.8) is 0 Å². The molecule has 3 heterocycles. The lowest BCUT2D eigenvalue weighted by atomic mass is 9.80. The Morgan fingerprint density at radius 2 is 1.85 bits per heavy atom. The molecule has 2 aliphatic rings. The van der Waals surface area contributed by atoms with Crippen LogP contribution in [0.5, 0.6) is 0 Å². The van der Waals surface area contributed by atoms with Crippen molar-refractivity contribution in [1.29, 1.82) is 0 Å². The van der Waals surface area contributed by atoms with Gasteiger partial charge in [0.1, 0.15) is 11.6 Å². The molecule has 10 heteroatoms. The predicted molar refractivity (Wildman–Crippen MR) is 158 cm³/mol. The van der Waals surface area contributed by atoms with Gasteiger partial charge in [0.25, 0.3) is 5.91 Å². The van der Waals surface area contributed by atoms with E-state index in [1.807, 2.05) is 28.6 Å². The number of carbonyl (C=O) groups is 3. The lowest BCUT2D eigenvalue weighted by Gasteiger charge is -2.52. The largest absolute Gasteiger partial charge is 0.395 e. The number of carbonyl (C=O) groups excluding carboxylic acids is 3. The van der Waals surface area contributed by atoms with Gasteiger partial charge in [-0.1, -0.05) is 27.2 Å². The number of rotatable bonds is 11. The minimum atomic E-state index is -0.768. The Morgan fingerprint density at radius 1 is 1.17 bits per heavy atom. The molecule has 4 rings (SSSR count). The number of benzene rings is 1. The fourth-order valence-electron chi connectivity index (χ4n) is 6.13. The molecule has 2 aliphatic heterocycles. The number of unbranched alkanes of at least 4 members (excludes halogenated alkanes) is 1. The van der Waals surface area contributed by atoms with Crippen molar-refractivity contribution in [2.75, 3.05) is 32.8 Å². The van der Waals surface area contributed by atoms with Crippen molar-refractivity contribution in [2.45, 2.75) is 84.8 Å². The van der Waals surface area contributed by atoms with Crippen molar-refractivity contribution >= 4 is 17.7 Å². The summed E-state index contributed by atoms with van der Waals surface area (Å²) in [6, 6.07) is 6.84.